The first-order valence-electron chi connectivity index (χ1n) is 7.20. The lowest BCUT2D eigenvalue weighted by molar-refractivity contribution is 0.0600. The summed E-state index contributed by atoms with van der Waals surface area (Å²) >= 11 is 0. The standard InChI is InChI=1S/C16H20N4O3/c1-11-4-5-13(15(21)23-3)8-14(11)19-16(22)20(2)7-6-12-9-17-18-10-12/h4-5,8-10H,6-7H2,1-3H3,(H,17,18)(H,19,22). The molecule has 0 saturated carbocycles. The normalized spacial score (nSPS) is 10.2. The number of ether oxygens (including phenoxy) is 1. The number of anilines is 1. The highest BCUT2D eigenvalue weighted by molar-refractivity contribution is 5.94. The molecule has 7 nitrogen and oxygen atoms in total. The van der Waals surface area contributed by atoms with E-state index in [-0.39, 0.29) is 6.03 Å². The first kappa shape index (κ1) is 16.5. The molecule has 0 aliphatic heterocycles. The molecule has 122 valence electrons. The van der Waals surface area contributed by atoms with Crippen LogP contribution in [0.25, 0.3) is 0 Å². The molecule has 1 aromatic heterocycles. The van der Waals surface area contributed by atoms with E-state index >= 15 is 0 Å². The third-order valence-corrected chi connectivity index (χ3v) is 3.54. The Balaban J connectivity index is 1.99. The second kappa shape index (κ2) is 7.44. The van der Waals surface area contributed by atoms with E-state index in [0.717, 1.165) is 11.1 Å². The second-order valence-corrected chi connectivity index (χ2v) is 5.23. The number of esters is 1. The molecular weight excluding hydrogens is 296 g/mol. The Kier molecular flexibility index (Phi) is 5.35. The predicted molar refractivity (Wildman–Crippen MR) is 86.5 cm³/mol. The lowest BCUT2D eigenvalue weighted by Gasteiger charge is -2.18. The number of carbonyl (C=O) groups is 2. The molecular formula is C16H20N4O3. The highest BCUT2D eigenvalue weighted by atomic mass is 16.5. The molecule has 1 heterocycles. The molecule has 0 radical (unpaired) electrons. The van der Waals surface area contributed by atoms with E-state index in [1.54, 1.807) is 42.5 Å². The molecule has 0 aliphatic rings. The summed E-state index contributed by atoms with van der Waals surface area (Å²) in [5.41, 5.74) is 2.89. The summed E-state index contributed by atoms with van der Waals surface area (Å²) in [4.78, 5) is 25.4. The minimum atomic E-state index is -0.436. The van der Waals surface area contributed by atoms with Crippen molar-refractivity contribution in [2.24, 2.45) is 0 Å². The van der Waals surface area contributed by atoms with Crippen molar-refractivity contribution in [2.45, 2.75) is 13.3 Å². The van der Waals surface area contributed by atoms with Crippen LogP contribution in [0.2, 0.25) is 0 Å². The van der Waals surface area contributed by atoms with Crippen molar-refractivity contribution in [2.75, 3.05) is 26.0 Å². The number of rotatable bonds is 5. The molecule has 7 heteroatoms. The largest absolute Gasteiger partial charge is 0.465 e. The Morgan fingerprint density at radius 3 is 2.83 bits per heavy atom. The number of hydrogen-bond acceptors (Lipinski definition) is 4. The average molecular weight is 316 g/mol. The van der Waals surface area contributed by atoms with Gasteiger partial charge in [0, 0.05) is 25.5 Å². The van der Waals surface area contributed by atoms with Crippen LogP contribution in [0.4, 0.5) is 10.5 Å². The molecule has 2 aromatic rings. The first-order chi connectivity index (χ1) is 11.0. The van der Waals surface area contributed by atoms with Crippen LogP contribution >= 0.6 is 0 Å². The highest BCUT2D eigenvalue weighted by Gasteiger charge is 2.13. The molecule has 1 aromatic carbocycles. The number of aromatic amines is 1. The number of hydrogen-bond donors (Lipinski definition) is 2. The van der Waals surface area contributed by atoms with Gasteiger partial charge < -0.3 is 15.0 Å². The van der Waals surface area contributed by atoms with Crippen molar-refractivity contribution in [3.8, 4) is 0 Å². The number of H-pyrrole nitrogens is 1. The molecule has 2 amide bonds. The molecule has 0 fully saturated rings. The topological polar surface area (TPSA) is 87.3 Å². The number of urea groups is 1. The highest BCUT2D eigenvalue weighted by Crippen LogP contribution is 2.18. The fourth-order valence-corrected chi connectivity index (χ4v) is 2.02. The summed E-state index contributed by atoms with van der Waals surface area (Å²) in [6, 6.07) is 4.81. The number of carbonyl (C=O) groups excluding carboxylic acids is 2. The molecule has 0 spiro atoms. The zero-order valence-corrected chi connectivity index (χ0v) is 13.4. The van der Waals surface area contributed by atoms with Crippen LogP contribution in [0.15, 0.2) is 30.6 Å². The zero-order valence-electron chi connectivity index (χ0n) is 13.4. The Morgan fingerprint density at radius 1 is 1.39 bits per heavy atom. The van der Waals surface area contributed by atoms with Crippen LogP contribution in [-0.4, -0.2) is 47.8 Å². The van der Waals surface area contributed by atoms with Gasteiger partial charge in [0.2, 0.25) is 0 Å². The Hall–Kier alpha value is -2.83. The molecule has 0 unspecified atom stereocenters. The number of nitrogens with one attached hydrogen (secondary N) is 2. The first-order valence-corrected chi connectivity index (χ1v) is 7.20. The molecule has 0 saturated heterocycles. The van der Waals surface area contributed by atoms with Gasteiger partial charge in [0.15, 0.2) is 0 Å². The maximum Gasteiger partial charge on any atom is 0.337 e. The van der Waals surface area contributed by atoms with Gasteiger partial charge in [-0.05, 0) is 36.6 Å². The van der Waals surface area contributed by atoms with Crippen LogP contribution in [0.1, 0.15) is 21.5 Å². The van der Waals surface area contributed by atoms with Crippen LogP contribution in [0, 0.1) is 6.92 Å². The van der Waals surface area contributed by atoms with Crippen LogP contribution in [0.5, 0.6) is 0 Å². The lowest BCUT2D eigenvalue weighted by atomic mass is 10.1. The van der Waals surface area contributed by atoms with E-state index in [2.05, 4.69) is 15.5 Å². The zero-order chi connectivity index (χ0) is 16.8. The van der Waals surface area contributed by atoms with E-state index in [4.69, 9.17) is 4.74 Å². The van der Waals surface area contributed by atoms with Gasteiger partial charge in [0.25, 0.3) is 0 Å². The third-order valence-electron chi connectivity index (χ3n) is 3.54. The van der Waals surface area contributed by atoms with Crippen molar-refractivity contribution in [3.05, 3.63) is 47.3 Å². The monoisotopic (exact) mass is 316 g/mol. The fourth-order valence-electron chi connectivity index (χ4n) is 2.02. The van der Waals surface area contributed by atoms with Gasteiger partial charge in [-0.25, -0.2) is 9.59 Å². The third kappa shape index (κ3) is 4.32. The van der Waals surface area contributed by atoms with Gasteiger partial charge in [0.1, 0.15) is 0 Å². The maximum atomic E-state index is 12.3. The summed E-state index contributed by atoms with van der Waals surface area (Å²) < 4.78 is 4.69. The van der Waals surface area contributed by atoms with Crippen LogP contribution in [0.3, 0.4) is 0 Å². The number of benzene rings is 1. The number of aryl methyl sites for hydroxylation is 1. The maximum absolute atomic E-state index is 12.3. The minimum Gasteiger partial charge on any atom is -0.465 e. The summed E-state index contributed by atoms with van der Waals surface area (Å²) in [7, 11) is 3.04. The van der Waals surface area contributed by atoms with Crippen LogP contribution in [-0.2, 0) is 11.2 Å². The molecule has 0 bridgehead atoms. The van der Waals surface area contributed by atoms with Gasteiger partial charge in [-0.1, -0.05) is 6.07 Å². The van der Waals surface area contributed by atoms with Gasteiger partial charge in [0.05, 0.1) is 18.9 Å². The van der Waals surface area contributed by atoms with E-state index in [9.17, 15) is 9.59 Å². The van der Waals surface area contributed by atoms with Gasteiger partial charge in [-0.15, -0.1) is 0 Å². The molecule has 0 atom stereocenters. The van der Waals surface area contributed by atoms with Crippen molar-refractivity contribution in [1.82, 2.24) is 15.1 Å². The van der Waals surface area contributed by atoms with Crippen molar-refractivity contribution < 1.29 is 14.3 Å². The number of methoxy groups -OCH3 is 1. The van der Waals surface area contributed by atoms with E-state index in [0.29, 0.717) is 24.2 Å². The summed E-state index contributed by atoms with van der Waals surface area (Å²) in [6.07, 6.45) is 4.24. The number of nitrogens with zero attached hydrogens (tertiary/aromatic N) is 2. The quantitative estimate of drug-likeness (QED) is 0.828. The Morgan fingerprint density at radius 2 is 2.17 bits per heavy atom. The second-order valence-electron chi connectivity index (χ2n) is 5.23. The van der Waals surface area contributed by atoms with Crippen molar-refractivity contribution in [3.63, 3.8) is 0 Å². The molecule has 2 N–H and O–H groups in total. The number of aromatic nitrogens is 2. The van der Waals surface area contributed by atoms with Crippen molar-refractivity contribution >= 4 is 17.7 Å². The minimum absolute atomic E-state index is 0.237. The van der Waals surface area contributed by atoms with Gasteiger partial charge in [-0.3, -0.25) is 5.10 Å². The molecule has 2 rings (SSSR count). The lowest BCUT2D eigenvalue weighted by Crippen LogP contribution is -2.33. The smallest absolute Gasteiger partial charge is 0.337 e. The fraction of sp³-hybridized carbons (Fsp3) is 0.312. The van der Waals surface area contributed by atoms with Crippen LogP contribution < -0.4 is 5.32 Å². The Bertz CT molecular complexity index is 683. The van der Waals surface area contributed by atoms with E-state index in [1.165, 1.54) is 7.11 Å². The summed E-state index contributed by atoms with van der Waals surface area (Å²) in [5, 5.41) is 9.43. The van der Waals surface area contributed by atoms with Gasteiger partial charge >= 0.3 is 12.0 Å². The predicted octanol–water partition coefficient (Wildman–Crippen LogP) is 2.21. The SMILES string of the molecule is COC(=O)c1ccc(C)c(NC(=O)N(C)CCc2cn[nH]c2)c1. The summed E-state index contributed by atoms with van der Waals surface area (Å²) in [5.74, 6) is -0.436. The molecule has 23 heavy (non-hydrogen) atoms. The number of likely N-dealkylation sites (N-methyl/N-ethyl adjacent to an activating group) is 1. The Labute approximate surface area is 134 Å². The van der Waals surface area contributed by atoms with Gasteiger partial charge in [-0.2, -0.15) is 5.10 Å². The average Bonchev–Trinajstić information content (AvgIpc) is 3.07. The van der Waals surface area contributed by atoms with E-state index in [1.807, 2.05) is 6.92 Å². The molecule has 0 aliphatic carbocycles. The number of amides is 2. The summed E-state index contributed by atoms with van der Waals surface area (Å²) in [6.45, 7) is 2.42. The van der Waals surface area contributed by atoms with E-state index < -0.39 is 5.97 Å². The van der Waals surface area contributed by atoms with Crippen molar-refractivity contribution in [1.29, 1.82) is 0 Å².